The van der Waals surface area contributed by atoms with Crippen LogP contribution in [0.5, 0.6) is 11.6 Å². The van der Waals surface area contributed by atoms with E-state index in [4.69, 9.17) is 21.4 Å². The molecule has 0 saturated carbocycles. The summed E-state index contributed by atoms with van der Waals surface area (Å²) in [6, 6.07) is 2.97. The molecule has 0 fully saturated rings. The third kappa shape index (κ3) is 3.75. The average molecular weight is 461 g/mol. The molecular weight excluding hydrogens is 444 g/mol. The molecule has 2 heterocycles. The summed E-state index contributed by atoms with van der Waals surface area (Å²) in [5.41, 5.74) is 0.0630. The predicted molar refractivity (Wildman–Crippen MR) is 114 cm³/mol. The second-order valence-electron chi connectivity index (χ2n) is 7.36. The zero-order valence-electron chi connectivity index (χ0n) is 16.9. The molecule has 0 radical (unpaired) electrons. The van der Waals surface area contributed by atoms with Crippen LogP contribution in [0.1, 0.15) is 36.5 Å². The summed E-state index contributed by atoms with van der Waals surface area (Å²) in [5, 5.41) is 21.0. The van der Waals surface area contributed by atoms with Crippen molar-refractivity contribution in [2.24, 2.45) is 0 Å². The number of carbonyl (C=O) groups is 1. The van der Waals surface area contributed by atoms with Crippen LogP contribution < -0.4 is 26.9 Å². The van der Waals surface area contributed by atoms with Crippen molar-refractivity contribution < 1.29 is 14.6 Å². The molecule has 0 atom stereocenters. The fourth-order valence-corrected chi connectivity index (χ4v) is 3.61. The molecule has 0 aliphatic heterocycles. The van der Waals surface area contributed by atoms with Crippen LogP contribution in [0.4, 0.5) is 10.6 Å². The van der Waals surface area contributed by atoms with Gasteiger partial charge in [-0.25, -0.2) is 14.7 Å². The second kappa shape index (κ2) is 7.96. The van der Waals surface area contributed by atoms with Gasteiger partial charge in [0.05, 0.1) is 10.7 Å². The highest BCUT2D eigenvalue weighted by molar-refractivity contribution is 6.32. The number of benzene rings is 1. The Morgan fingerprint density at radius 1 is 1.22 bits per heavy atom. The minimum atomic E-state index is -1.50. The Hall–Kier alpha value is -3.93. The van der Waals surface area contributed by atoms with Gasteiger partial charge in [0.1, 0.15) is 0 Å². The monoisotopic (exact) mass is 460 g/mol. The van der Waals surface area contributed by atoms with Gasteiger partial charge in [-0.3, -0.25) is 19.9 Å². The van der Waals surface area contributed by atoms with Gasteiger partial charge in [-0.1, -0.05) is 25.4 Å². The highest BCUT2D eigenvalue weighted by Gasteiger charge is 2.28. The van der Waals surface area contributed by atoms with Crippen LogP contribution in [0.15, 0.2) is 26.5 Å². The Morgan fingerprint density at radius 3 is 2.56 bits per heavy atom. The number of halogens is 1. The van der Waals surface area contributed by atoms with Crippen molar-refractivity contribution in [2.45, 2.75) is 32.6 Å². The molecule has 0 bridgehead atoms. The van der Waals surface area contributed by atoms with Gasteiger partial charge in [0.2, 0.25) is 11.7 Å². The number of amides is 1. The van der Waals surface area contributed by atoms with E-state index >= 15 is 0 Å². The first kappa shape index (κ1) is 21.3. The summed E-state index contributed by atoms with van der Waals surface area (Å²) in [4.78, 5) is 49.0. The smallest absolute Gasteiger partial charge is 0.410 e. The number of carboxylic acid groups (broad SMARTS) is 1. The summed E-state index contributed by atoms with van der Waals surface area (Å²) >= 11 is 6.43. The van der Waals surface area contributed by atoms with Gasteiger partial charge >= 0.3 is 11.8 Å². The quantitative estimate of drug-likeness (QED) is 0.445. The van der Waals surface area contributed by atoms with Gasteiger partial charge in [0, 0.05) is 17.2 Å². The molecule has 4 N–H and O–H groups in total. The van der Waals surface area contributed by atoms with E-state index in [0.29, 0.717) is 35.3 Å². The van der Waals surface area contributed by atoms with Crippen molar-refractivity contribution in [2.75, 3.05) is 5.32 Å². The molecule has 166 valence electrons. The molecule has 3 aromatic rings. The molecule has 4 rings (SSSR count). The van der Waals surface area contributed by atoms with E-state index in [1.807, 2.05) is 24.1 Å². The van der Waals surface area contributed by atoms with Gasteiger partial charge in [0.25, 0.3) is 11.1 Å². The van der Waals surface area contributed by atoms with Gasteiger partial charge in [-0.2, -0.15) is 4.68 Å². The number of nitrogens with one attached hydrogen (secondary N) is 3. The number of fused-ring (bicyclic) bond motifs is 1. The maximum Gasteiger partial charge on any atom is 0.410 e. The van der Waals surface area contributed by atoms with E-state index in [-0.39, 0.29) is 28.1 Å². The summed E-state index contributed by atoms with van der Waals surface area (Å²) in [6.45, 7) is 3.73. The van der Waals surface area contributed by atoms with Crippen LogP contribution >= 0.6 is 11.6 Å². The topological polar surface area (TPSA) is 172 Å². The zero-order valence-corrected chi connectivity index (χ0v) is 17.6. The number of hydrogen-bond donors (Lipinski definition) is 4. The number of hydrogen-bond acceptors (Lipinski definition) is 7. The maximum atomic E-state index is 12.3. The molecule has 12 nitrogen and oxygen atoms in total. The van der Waals surface area contributed by atoms with Crippen LogP contribution in [0, 0.1) is 0 Å². The molecule has 1 aliphatic rings. The second-order valence-corrected chi connectivity index (χ2v) is 7.77. The fourth-order valence-electron chi connectivity index (χ4n) is 3.36. The lowest BCUT2D eigenvalue weighted by atomic mass is 9.86. The number of rotatable bonds is 5. The van der Waals surface area contributed by atoms with E-state index in [0.717, 1.165) is 4.68 Å². The van der Waals surface area contributed by atoms with Crippen LogP contribution in [-0.2, 0) is 12.8 Å². The van der Waals surface area contributed by atoms with Crippen molar-refractivity contribution >= 4 is 23.5 Å². The zero-order chi connectivity index (χ0) is 23.2. The number of nitrogens with zero attached hydrogens (tertiary/aromatic N) is 3. The number of anilines is 1. The lowest BCUT2D eigenvalue weighted by molar-refractivity contribution is 0.209. The summed E-state index contributed by atoms with van der Waals surface area (Å²) in [6.07, 6.45) is -0.336. The number of aromatic amines is 2. The molecule has 13 heteroatoms. The maximum absolute atomic E-state index is 12.3. The van der Waals surface area contributed by atoms with Crippen molar-refractivity contribution in [1.82, 2.24) is 25.0 Å². The van der Waals surface area contributed by atoms with Crippen molar-refractivity contribution in [1.29, 1.82) is 0 Å². The molecule has 0 saturated heterocycles. The van der Waals surface area contributed by atoms with Gasteiger partial charge in [0.15, 0.2) is 5.75 Å². The molecule has 32 heavy (non-hydrogen) atoms. The first-order valence-electron chi connectivity index (χ1n) is 9.51. The van der Waals surface area contributed by atoms with Crippen LogP contribution in [0.3, 0.4) is 0 Å². The molecule has 1 aromatic carbocycles. The van der Waals surface area contributed by atoms with Crippen molar-refractivity contribution in [3.8, 4) is 17.3 Å². The predicted octanol–water partition coefficient (Wildman–Crippen LogP) is 1.76. The molecular formula is C19H17ClN6O6. The van der Waals surface area contributed by atoms with Crippen molar-refractivity contribution in [3.63, 3.8) is 0 Å². The standard InChI is InChI=1S/C19H17ClN6O6/c1-7(2)10-5-13(23-24-16(10)27)32-14-9-4-3-8(9)12(6-11(14)20)26-18(29)22-17(28)15(25-26)21-19(30)31/h5-7H,3-4H2,1-2H3,(H,21,25)(H,24,27)(H,30,31)(H,22,28,29). The summed E-state index contributed by atoms with van der Waals surface area (Å²) in [7, 11) is 0. The number of H-pyrrole nitrogens is 2. The fraction of sp³-hybridized carbons (Fsp3) is 0.263. The lowest BCUT2D eigenvalue weighted by Gasteiger charge is -2.26. The molecule has 0 spiro atoms. The third-order valence-corrected chi connectivity index (χ3v) is 5.25. The Balaban J connectivity index is 1.78. The van der Waals surface area contributed by atoms with E-state index in [2.05, 4.69) is 15.3 Å². The Bertz CT molecular complexity index is 1420. The Morgan fingerprint density at radius 2 is 1.94 bits per heavy atom. The SMILES string of the molecule is CC(C)c1cc(Oc2c(Cl)cc(-n3nc(NC(=O)O)c(=O)[nH]c3=O)c3c2CC3)n[nH]c1=O. The van der Waals surface area contributed by atoms with Crippen LogP contribution in [-0.4, -0.2) is 36.2 Å². The highest BCUT2D eigenvalue weighted by atomic mass is 35.5. The van der Waals surface area contributed by atoms with Crippen LogP contribution in [0.25, 0.3) is 5.69 Å². The van der Waals surface area contributed by atoms with E-state index < -0.39 is 23.2 Å². The van der Waals surface area contributed by atoms with Gasteiger partial charge in [-0.15, -0.1) is 10.2 Å². The minimum Gasteiger partial charge on any atom is -0.465 e. The largest absolute Gasteiger partial charge is 0.465 e. The number of ether oxygens (including phenoxy) is 1. The van der Waals surface area contributed by atoms with E-state index in [1.165, 1.54) is 12.1 Å². The van der Waals surface area contributed by atoms with Gasteiger partial charge in [-0.05, 0) is 30.4 Å². The lowest BCUT2D eigenvalue weighted by Crippen LogP contribution is -2.35. The number of aromatic nitrogens is 5. The Kier molecular flexibility index (Phi) is 5.30. The molecule has 2 aromatic heterocycles. The van der Waals surface area contributed by atoms with Crippen LogP contribution in [0.2, 0.25) is 5.02 Å². The summed E-state index contributed by atoms with van der Waals surface area (Å²) < 4.78 is 6.74. The highest BCUT2D eigenvalue weighted by Crippen LogP contribution is 2.43. The third-order valence-electron chi connectivity index (χ3n) is 4.97. The Labute approximate surface area is 183 Å². The first-order valence-corrected chi connectivity index (χ1v) is 9.89. The molecule has 1 aliphatic carbocycles. The van der Waals surface area contributed by atoms with Crippen molar-refractivity contribution in [3.05, 3.63) is 65.0 Å². The first-order chi connectivity index (χ1) is 15.2. The molecule has 0 unspecified atom stereocenters. The molecule has 1 amide bonds. The minimum absolute atomic E-state index is 0.0447. The summed E-state index contributed by atoms with van der Waals surface area (Å²) in [5.74, 6) is -0.117. The van der Waals surface area contributed by atoms with E-state index in [1.54, 1.807) is 0 Å². The van der Waals surface area contributed by atoms with E-state index in [9.17, 15) is 19.2 Å². The normalized spacial score (nSPS) is 12.2. The van der Waals surface area contributed by atoms with Gasteiger partial charge < -0.3 is 9.84 Å². The average Bonchev–Trinajstić information content (AvgIpc) is 2.68.